The van der Waals surface area contributed by atoms with Gasteiger partial charge in [-0.05, 0) is 33.0 Å². The van der Waals surface area contributed by atoms with Crippen molar-refractivity contribution < 1.29 is 14.3 Å². The molecule has 0 bridgehead atoms. The van der Waals surface area contributed by atoms with Crippen molar-refractivity contribution in [2.75, 3.05) is 39.8 Å². The molecule has 0 spiro atoms. The summed E-state index contributed by atoms with van der Waals surface area (Å²) in [4.78, 5) is 44.0. The molecule has 1 aromatic carbocycles. The van der Waals surface area contributed by atoms with Gasteiger partial charge in [-0.1, -0.05) is 44.2 Å². The van der Waals surface area contributed by atoms with Crippen LogP contribution in [0.3, 0.4) is 0 Å². The molecular weight excluding hydrogens is 450 g/mol. The molecule has 182 valence electrons. The summed E-state index contributed by atoms with van der Waals surface area (Å²) in [5.41, 5.74) is 0.902. The van der Waals surface area contributed by atoms with Gasteiger partial charge < -0.3 is 19.1 Å². The molecule has 8 heteroatoms. The Bertz CT molecular complexity index is 1210. The summed E-state index contributed by atoms with van der Waals surface area (Å²) in [7, 11) is 1.77. The van der Waals surface area contributed by atoms with Gasteiger partial charge >= 0.3 is 0 Å². The molecule has 3 rings (SSSR count). The smallest absolute Gasteiger partial charge is 0.267 e. The molecule has 0 radical (unpaired) electrons. The number of aryl methyl sites for hydroxylation is 1. The third-order valence-corrected chi connectivity index (χ3v) is 7.10. The largest absolute Gasteiger partial charge is 0.491 e. The van der Waals surface area contributed by atoms with E-state index in [2.05, 4.69) is 18.7 Å². The second kappa shape index (κ2) is 11.4. The lowest BCUT2D eigenvalue weighted by atomic mass is 10.1. The van der Waals surface area contributed by atoms with Crippen LogP contribution < -0.4 is 10.3 Å². The van der Waals surface area contributed by atoms with Crippen LogP contribution >= 0.6 is 11.3 Å². The summed E-state index contributed by atoms with van der Waals surface area (Å²) >= 11 is 1.27. The maximum absolute atomic E-state index is 13.5. The maximum Gasteiger partial charge on any atom is 0.267 e. The first-order valence-electron chi connectivity index (χ1n) is 11.7. The number of carbonyl (C=O) groups excluding carboxylic acids is 2. The number of thiophene rings is 1. The van der Waals surface area contributed by atoms with Crippen LogP contribution in [0.4, 0.5) is 0 Å². The van der Waals surface area contributed by atoms with E-state index in [0.717, 1.165) is 19.6 Å². The van der Waals surface area contributed by atoms with Crippen LogP contribution in [-0.2, 0) is 6.54 Å². The summed E-state index contributed by atoms with van der Waals surface area (Å²) < 4.78 is 8.00. The minimum absolute atomic E-state index is 0.0704. The van der Waals surface area contributed by atoms with Crippen molar-refractivity contribution in [1.29, 1.82) is 0 Å². The normalized spacial score (nSPS) is 11.2. The number of fused-ring (bicyclic) bond motifs is 1. The minimum Gasteiger partial charge on any atom is -0.491 e. The number of amides is 1. The minimum atomic E-state index is -0.316. The van der Waals surface area contributed by atoms with Crippen LogP contribution in [0.5, 0.6) is 5.75 Å². The average Bonchev–Trinajstić information content (AvgIpc) is 3.20. The molecule has 1 amide bonds. The highest BCUT2D eigenvalue weighted by Crippen LogP contribution is 2.37. The lowest BCUT2D eigenvalue weighted by Gasteiger charge is -2.23. The quantitative estimate of drug-likeness (QED) is 0.385. The van der Waals surface area contributed by atoms with Gasteiger partial charge in [0.05, 0.1) is 13.2 Å². The molecule has 0 saturated heterocycles. The SMILES string of the molecule is CCOc1c(C(=O)N(C)CCN(CC)CC)sc2cc(C)n(CC(=O)c3ccccc3)c(=O)c12. The predicted octanol–water partition coefficient (Wildman–Crippen LogP) is 4.07. The molecule has 2 aromatic heterocycles. The van der Waals surface area contributed by atoms with E-state index in [9.17, 15) is 14.4 Å². The molecular formula is C26H33N3O4S. The van der Waals surface area contributed by atoms with E-state index >= 15 is 0 Å². The number of hydrogen-bond donors (Lipinski definition) is 0. The van der Waals surface area contributed by atoms with E-state index in [4.69, 9.17) is 4.74 Å². The summed E-state index contributed by atoms with van der Waals surface area (Å²) in [5, 5.41) is 0.360. The fourth-order valence-corrected chi connectivity index (χ4v) is 5.11. The highest BCUT2D eigenvalue weighted by molar-refractivity contribution is 7.21. The van der Waals surface area contributed by atoms with Gasteiger partial charge in [0.25, 0.3) is 11.5 Å². The number of ether oxygens (including phenoxy) is 1. The third kappa shape index (κ3) is 5.39. The van der Waals surface area contributed by atoms with Gasteiger partial charge in [0.1, 0.15) is 10.3 Å². The van der Waals surface area contributed by atoms with Crippen molar-refractivity contribution in [2.24, 2.45) is 0 Å². The van der Waals surface area contributed by atoms with E-state index in [1.165, 1.54) is 15.9 Å². The van der Waals surface area contributed by atoms with Crippen LogP contribution in [-0.4, -0.2) is 65.9 Å². The lowest BCUT2D eigenvalue weighted by molar-refractivity contribution is 0.0780. The van der Waals surface area contributed by atoms with Crippen LogP contribution in [0, 0.1) is 6.92 Å². The number of benzene rings is 1. The standard InChI is InChI=1S/C26H33N3O4S/c1-6-28(7-2)15-14-27(5)26(32)24-23(33-8-3)22-21(34-24)16-18(4)29(25(22)31)17-20(30)19-12-10-9-11-13-19/h9-13,16H,6-8,14-15,17H2,1-5H3. The van der Waals surface area contributed by atoms with Crippen molar-refractivity contribution in [2.45, 2.75) is 34.2 Å². The van der Waals surface area contributed by atoms with Gasteiger partial charge in [-0.25, -0.2) is 0 Å². The summed E-state index contributed by atoms with van der Waals surface area (Å²) in [6, 6.07) is 10.8. The molecule has 0 fully saturated rings. The van der Waals surface area contributed by atoms with Crippen molar-refractivity contribution in [3.05, 3.63) is 62.9 Å². The summed E-state index contributed by atoms with van der Waals surface area (Å²) in [6.45, 7) is 11.3. The number of ketones is 1. The van der Waals surface area contributed by atoms with E-state index < -0.39 is 0 Å². The van der Waals surface area contributed by atoms with Crippen LogP contribution in [0.25, 0.3) is 10.1 Å². The Balaban J connectivity index is 1.99. The number of pyridine rings is 1. The van der Waals surface area contributed by atoms with E-state index in [1.54, 1.807) is 43.1 Å². The Labute approximate surface area is 204 Å². The topological polar surface area (TPSA) is 71.8 Å². The molecule has 3 aromatic rings. The van der Waals surface area contributed by atoms with Crippen LogP contribution in [0.1, 0.15) is 46.5 Å². The zero-order valence-electron chi connectivity index (χ0n) is 20.6. The number of likely N-dealkylation sites (N-methyl/N-ethyl adjacent to an activating group) is 2. The molecule has 0 unspecified atom stereocenters. The first-order valence-corrected chi connectivity index (χ1v) is 12.5. The Morgan fingerprint density at radius 2 is 1.74 bits per heavy atom. The number of rotatable bonds is 11. The highest BCUT2D eigenvalue weighted by Gasteiger charge is 2.26. The van der Waals surface area contributed by atoms with Gasteiger partial charge in [-0.15, -0.1) is 11.3 Å². The lowest BCUT2D eigenvalue weighted by Crippen LogP contribution is -2.36. The third-order valence-electron chi connectivity index (χ3n) is 5.99. The number of carbonyl (C=O) groups is 2. The fourth-order valence-electron chi connectivity index (χ4n) is 3.88. The summed E-state index contributed by atoms with van der Waals surface area (Å²) in [6.07, 6.45) is 0. The molecule has 0 aliphatic carbocycles. The van der Waals surface area contributed by atoms with Gasteiger partial charge in [0, 0.05) is 36.1 Å². The average molecular weight is 484 g/mol. The first-order chi connectivity index (χ1) is 16.3. The summed E-state index contributed by atoms with van der Waals surface area (Å²) in [5.74, 6) is -0.000328. The van der Waals surface area contributed by atoms with Crippen molar-refractivity contribution in [1.82, 2.24) is 14.4 Å². The molecule has 0 N–H and O–H groups in total. The van der Waals surface area contributed by atoms with Gasteiger partial charge in [0.15, 0.2) is 11.5 Å². The fraction of sp³-hybridized carbons (Fsp3) is 0.423. The van der Waals surface area contributed by atoms with Crippen LogP contribution in [0.2, 0.25) is 0 Å². The van der Waals surface area contributed by atoms with Crippen molar-refractivity contribution in [3.63, 3.8) is 0 Å². The Morgan fingerprint density at radius 1 is 1.06 bits per heavy atom. The highest BCUT2D eigenvalue weighted by atomic mass is 32.1. The molecule has 0 saturated carbocycles. The molecule has 0 aliphatic heterocycles. The molecule has 0 atom stereocenters. The van der Waals surface area contributed by atoms with Gasteiger partial charge in [0.2, 0.25) is 0 Å². The predicted molar refractivity (Wildman–Crippen MR) is 138 cm³/mol. The van der Waals surface area contributed by atoms with Crippen molar-refractivity contribution >= 4 is 33.1 Å². The zero-order chi connectivity index (χ0) is 24.8. The van der Waals surface area contributed by atoms with E-state index in [1.807, 2.05) is 19.1 Å². The van der Waals surface area contributed by atoms with Crippen molar-refractivity contribution in [3.8, 4) is 5.75 Å². The van der Waals surface area contributed by atoms with Gasteiger partial charge in [-0.3, -0.25) is 14.4 Å². The molecule has 34 heavy (non-hydrogen) atoms. The number of Topliss-reactive ketones (excluding diaryl/α,β-unsaturated/α-hetero) is 1. The maximum atomic E-state index is 13.5. The molecule has 7 nitrogen and oxygen atoms in total. The number of aromatic nitrogens is 1. The monoisotopic (exact) mass is 483 g/mol. The Hall–Kier alpha value is -2.97. The Morgan fingerprint density at radius 3 is 2.35 bits per heavy atom. The van der Waals surface area contributed by atoms with E-state index in [0.29, 0.717) is 45.1 Å². The zero-order valence-corrected chi connectivity index (χ0v) is 21.4. The van der Waals surface area contributed by atoms with E-state index in [-0.39, 0.29) is 23.8 Å². The first kappa shape index (κ1) is 25.6. The molecule has 0 aliphatic rings. The Kier molecular flexibility index (Phi) is 8.63. The second-order valence-electron chi connectivity index (χ2n) is 8.15. The number of nitrogens with zero attached hydrogens (tertiary/aromatic N) is 3. The molecule has 2 heterocycles. The van der Waals surface area contributed by atoms with Crippen LogP contribution in [0.15, 0.2) is 41.2 Å². The van der Waals surface area contributed by atoms with Gasteiger partial charge in [-0.2, -0.15) is 0 Å². The number of hydrogen-bond acceptors (Lipinski definition) is 6. The second-order valence-corrected chi connectivity index (χ2v) is 9.20.